The summed E-state index contributed by atoms with van der Waals surface area (Å²) in [5.74, 6) is 1.68. The van der Waals surface area contributed by atoms with Crippen molar-refractivity contribution in [3.8, 4) is 5.75 Å². The van der Waals surface area contributed by atoms with Crippen LogP contribution in [0.15, 0.2) is 36.4 Å². The number of ether oxygens (including phenoxy) is 1. The molecule has 28 heavy (non-hydrogen) atoms. The molecule has 1 saturated heterocycles. The van der Waals surface area contributed by atoms with E-state index >= 15 is 0 Å². The van der Waals surface area contributed by atoms with Gasteiger partial charge in [-0.2, -0.15) is 5.10 Å². The van der Waals surface area contributed by atoms with Gasteiger partial charge in [-0.15, -0.1) is 5.10 Å². The van der Waals surface area contributed by atoms with Crippen LogP contribution >= 0.6 is 0 Å². The molecule has 2 aromatic carbocycles. The van der Waals surface area contributed by atoms with Crippen molar-refractivity contribution in [2.24, 2.45) is 0 Å². The molecule has 1 fully saturated rings. The van der Waals surface area contributed by atoms with Crippen LogP contribution in [0.2, 0.25) is 0 Å². The van der Waals surface area contributed by atoms with Crippen molar-refractivity contribution < 1.29 is 4.74 Å². The number of benzene rings is 2. The molecule has 5 heteroatoms. The average molecular weight is 377 g/mol. The lowest BCUT2D eigenvalue weighted by Gasteiger charge is -2.20. The molecule has 0 amide bonds. The molecule has 1 aromatic heterocycles. The van der Waals surface area contributed by atoms with Gasteiger partial charge in [0, 0.05) is 17.3 Å². The number of rotatable bonds is 5. The molecule has 2 heterocycles. The average Bonchev–Trinajstić information content (AvgIpc) is 3.19. The van der Waals surface area contributed by atoms with Gasteiger partial charge in [0.1, 0.15) is 11.9 Å². The highest BCUT2D eigenvalue weighted by Crippen LogP contribution is 2.31. The summed E-state index contributed by atoms with van der Waals surface area (Å²) >= 11 is 0. The van der Waals surface area contributed by atoms with Gasteiger partial charge in [0.15, 0.2) is 5.82 Å². The maximum atomic E-state index is 6.16. The Bertz CT molecular complexity index is 995. The summed E-state index contributed by atoms with van der Waals surface area (Å²) in [7, 11) is 0. The van der Waals surface area contributed by atoms with Gasteiger partial charge >= 0.3 is 0 Å². The highest BCUT2D eigenvalue weighted by atomic mass is 16.5. The Morgan fingerprint density at radius 3 is 2.75 bits per heavy atom. The molecule has 5 nitrogen and oxygen atoms in total. The van der Waals surface area contributed by atoms with E-state index < -0.39 is 0 Å². The number of aryl methyl sites for hydroxylation is 2. The van der Waals surface area contributed by atoms with Crippen LogP contribution in [0.3, 0.4) is 0 Å². The molecule has 2 N–H and O–H groups in total. The third-order valence-corrected chi connectivity index (χ3v) is 5.72. The molecule has 1 aliphatic rings. The minimum absolute atomic E-state index is 0.128. The van der Waals surface area contributed by atoms with Crippen molar-refractivity contribution in [2.45, 2.75) is 46.3 Å². The quantitative estimate of drug-likeness (QED) is 0.688. The van der Waals surface area contributed by atoms with Gasteiger partial charge < -0.3 is 15.4 Å². The fraction of sp³-hybridized carbons (Fsp3) is 0.391. The number of aromatic nitrogens is 2. The highest BCUT2D eigenvalue weighted by Gasteiger charge is 2.18. The number of hydrogen-bond acceptors (Lipinski definition) is 5. The van der Waals surface area contributed by atoms with Crippen LogP contribution in [0.25, 0.3) is 10.8 Å². The zero-order valence-electron chi connectivity index (χ0n) is 17.0. The molecule has 0 spiro atoms. The summed E-state index contributed by atoms with van der Waals surface area (Å²) in [5, 5.41) is 17.9. The summed E-state index contributed by atoms with van der Waals surface area (Å²) in [6, 6.07) is 12.8. The zero-order valence-corrected chi connectivity index (χ0v) is 17.0. The first kappa shape index (κ1) is 18.7. The Labute approximate surface area is 166 Å². The van der Waals surface area contributed by atoms with Crippen molar-refractivity contribution in [3.05, 3.63) is 58.8 Å². The first-order valence-corrected chi connectivity index (χ1v) is 10.00. The van der Waals surface area contributed by atoms with Crippen LogP contribution in [0.5, 0.6) is 5.75 Å². The normalized spacial score (nSPS) is 17.6. The zero-order chi connectivity index (χ0) is 19.7. The van der Waals surface area contributed by atoms with Crippen LogP contribution in [-0.4, -0.2) is 29.4 Å². The maximum absolute atomic E-state index is 6.16. The fourth-order valence-electron chi connectivity index (χ4n) is 3.89. The van der Waals surface area contributed by atoms with Gasteiger partial charge in [-0.25, -0.2) is 0 Å². The Kier molecular flexibility index (Phi) is 5.18. The second-order valence-corrected chi connectivity index (χ2v) is 7.73. The molecule has 0 bridgehead atoms. The van der Waals surface area contributed by atoms with Gasteiger partial charge in [-0.1, -0.05) is 18.2 Å². The molecule has 0 unspecified atom stereocenters. The van der Waals surface area contributed by atoms with Crippen LogP contribution in [0.4, 0.5) is 5.82 Å². The van der Waals surface area contributed by atoms with E-state index in [0.29, 0.717) is 0 Å². The smallest absolute Gasteiger partial charge is 0.157 e. The van der Waals surface area contributed by atoms with Gasteiger partial charge in [0.2, 0.25) is 0 Å². The second-order valence-electron chi connectivity index (χ2n) is 7.73. The largest absolute Gasteiger partial charge is 0.489 e. The Morgan fingerprint density at radius 2 is 1.96 bits per heavy atom. The fourth-order valence-corrected chi connectivity index (χ4v) is 3.89. The van der Waals surface area contributed by atoms with Crippen molar-refractivity contribution in [1.29, 1.82) is 0 Å². The number of fused-ring (bicyclic) bond motifs is 1. The molecule has 0 aliphatic carbocycles. The first-order valence-electron chi connectivity index (χ1n) is 10.00. The lowest BCUT2D eigenvalue weighted by atomic mass is 9.98. The summed E-state index contributed by atoms with van der Waals surface area (Å²) in [6.45, 7) is 10.4. The third kappa shape index (κ3) is 3.67. The lowest BCUT2D eigenvalue weighted by molar-refractivity contribution is 0.223. The first-order chi connectivity index (χ1) is 13.5. The summed E-state index contributed by atoms with van der Waals surface area (Å²) in [6.07, 6.45) is 1.28. The Balaban J connectivity index is 1.67. The number of nitrogens with zero attached hydrogens (tertiary/aromatic N) is 2. The molecule has 0 saturated carbocycles. The van der Waals surface area contributed by atoms with Gasteiger partial charge in [0.25, 0.3) is 0 Å². The molecule has 2 atom stereocenters. The predicted molar refractivity (Wildman–Crippen MR) is 114 cm³/mol. The van der Waals surface area contributed by atoms with Gasteiger partial charge in [-0.3, -0.25) is 0 Å². The van der Waals surface area contributed by atoms with Gasteiger partial charge in [0.05, 0.1) is 11.7 Å². The summed E-state index contributed by atoms with van der Waals surface area (Å²) < 4.78 is 6.16. The maximum Gasteiger partial charge on any atom is 0.157 e. The van der Waals surface area contributed by atoms with E-state index in [1.807, 2.05) is 13.0 Å². The monoisotopic (exact) mass is 376 g/mol. The van der Waals surface area contributed by atoms with Crippen molar-refractivity contribution in [1.82, 2.24) is 15.5 Å². The van der Waals surface area contributed by atoms with E-state index in [1.165, 1.54) is 16.7 Å². The van der Waals surface area contributed by atoms with E-state index in [9.17, 15) is 0 Å². The van der Waals surface area contributed by atoms with Crippen molar-refractivity contribution >= 4 is 16.6 Å². The second kappa shape index (κ2) is 7.76. The van der Waals surface area contributed by atoms with Crippen molar-refractivity contribution in [2.75, 3.05) is 18.4 Å². The van der Waals surface area contributed by atoms with Crippen LogP contribution in [-0.2, 0) is 0 Å². The topological polar surface area (TPSA) is 59.1 Å². The van der Waals surface area contributed by atoms with Crippen molar-refractivity contribution in [3.63, 3.8) is 0 Å². The molecule has 0 radical (unpaired) electrons. The Morgan fingerprint density at radius 1 is 1.11 bits per heavy atom. The van der Waals surface area contributed by atoms with E-state index in [2.05, 4.69) is 71.9 Å². The van der Waals surface area contributed by atoms with E-state index in [-0.39, 0.29) is 12.1 Å². The molecular weight excluding hydrogens is 348 g/mol. The number of hydrogen-bond donors (Lipinski definition) is 2. The third-order valence-electron chi connectivity index (χ3n) is 5.72. The summed E-state index contributed by atoms with van der Waals surface area (Å²) in [4.78, 5) is 0. The molecular formula is C23H28N4O. The van der Waals surface area contributed by atoms with Crippen LogP contribution in [0, 0.1) is 20.8 Å². The summed E-state index contributed by atoms with van der Waals surface area (Å²) in [5.41, 5.74) is 4.81. The van der Waals surface area contributed by atoms with E-state index in [4.69, 9.17) is 4.74 Å². The molecule has 1 aliphatic heterocycles. The predicted octanol–water partition coefficient (Wildman–Crippen LogP) is 4.47. The van der Waals surface area contributed by atoms with E-state index in [1.54, 1.807) is 0 Å². The molecule has 4 rings (SSSR count). The van der Waals surface area contributed by atoms with Crippen LogP contribution in [0.1, 0.15) is 41.8 Å². The minimum atomic E-state index is 0.128. The molecule has 146 valence electrons. The standard InChI is InChI=1S/C23H28N4O/c1-14-6-5-7-20(15(14)2)16(3)25-23-22-12-18(28-19-10-11-24-13-19)8-9-21(22)17(4)26-27-23/h5-9,12,16,19,24H,10-11,13H2,1-4H3,(H,25,27)/t16-,19+/m1/s1. The highest BCUT2D eigenvalue weighted by molar-refractivity contribution is 5.94. The SMILES string of the molecule is Cc1cccc([C@@H](C)Nc2nnc(C)c3ccc(O[C@H]4CCNC4)cc23)c1C. The Hall–Kier alpha value is -2.66. The number of anilines is 1. The minimum Gasteiger partial charge on any atom is -0.489 e. The van der Waals surface area contributed by atoms with Crippen LogP contribution < -0.4 is 15.4 Å². The van der Waals surface area contributed by atoms with E-state index in [0.717, 1.165) is 47.5 Å². The number of nitrogens with one attached hydrogen (secondary N) is 2. The lowest BCUT2D eigenvalue weighted by Crippen LogP contribution is -2.19. The molecule has 3 aromatic rings. The van der Waals surface area contributed by atoms with Gasteiger partial charge in [-0.05, 0) is 75.5 Å².